The predicted molar refractivity (Wildman–Crippen MR) is 85.7 cm³/mol. The molecular weight excluding hydrogens is 425 g/mol. The van der Waals surface area contributed by atoms with E-state index in [-0.39, 0.29) is 11.6 Å². The van der Waals surface area contributed by atoms with E-state index in [2.05, 4.69) is 0 Å². The van der Waals surface area contributed by atoms with Gasteiger partial charge in [0.05, 0.1) is 16.7 Å². The molecule has 1 saturated heterocycles. The first-order chi connectivity index (χ1) is 12.4. The highest BCUT2D eigenvalue weighted by Gasteiger charge is 2.72. The molecule has 152 valence electrons. The maximum atomic E-state index is 13.5. The summed E-state index contributed by atoms with van der Waals surface area (Å²) in [5.41, 5.74) is -5.26. The fourth-order valence-electron chi connectivity index (χ4n) is 2.53. The SMILES string of the molecule is O=C(NC(NCC1CCCO1)(C(F)(F)F)C(F)(F)F)c1ccc(Cl)cc1Cl. The number of amides is 1. The number of carbonyl (C=O) groups excluding carboxylic acids is 1. The van der Waals surface area contributed by atoms with Crippen molar-refractivity contribution in [2.24, 2.45) is 0 Å². The van der Waals surface area contributed by atoms with E-state index >= 15 is 0 Å². The Morgan fingerprint density at radius 2 is 1.78 bits per heavy atom. The molecule has 0 bridgehead atoms. The van der Waals surface area contributed by atoms with E-state index in [1.54, 1.807) is 0 Å². The van der Waals surface area contributed by atoms with E-state index in [1.165, 1.54) is 5.32 Å². The molecule has 0 spiro atoms. The highest BCUT2D eigenvalue weighted by atomic mass is 35.5. The van der Waals surface area contributed by atoms with Gasteiger partial charge in [-0.3, -0.25) is 10.1 Å². The zero-order valence-corrected chi connectivity index (χ0v) is 15.0. The molecule has 1 amide bonds. The number of ether oxygens (including phenoxy) is 1. The Balaban J connectivity index is 2.36. The molecule has 27 heavy (non-hydrogen) atoms. The Hall–Kier alpha value is -1.23. The van der Waals surface area contributed by atoms with E-state index < -0.39 is 47.2 Å². The second-order valence-electron chi connectivity index (χ2n) is 5.84. The van der Waals surface area contributed by atoms with Crippen molar-refractivity contribution in [1.29, 1.82) is 0 Å². The minimum Gasteiger partial charge on any atom is -0.377 e. The fourth-order valence-corrected chi connectivity index (χ4v) is 3.02. The van der Waals surface area contributed by atoms with Crippen LogP contribution in [0, 0.1) is 0 Å². The minimum absolute atomic E-state index is 0.0611. The van der Waals surface area contributed by atoms with Gasteiger partial charge in [0.15, 0.2) is 0 Å². The van der Waals surface area contributed by atoms with Crippen LogP contribution in [-0.4, -0.2) is 43.2 Å². The minimum atomic E-state index is -5.89. The molecule has 1 heterocycles. The van der Waals surface area contributed by atoms with Crippen molar-refractivity contribution in [3.05, 3.63) is 33.8 Å². The molecule has 0 aliphatic carbocycles. The standard InChI is InChI=1S/C15H14Cl2F6N2O2/c16-8-3-4-10(11(17)6-8)12(26)25-13(14(18,19)20,15(21,22)23)24-7-9-2-1-5-27-9/h3-4,6,9,24H,1-2,5,7H2,(H,25,26). The number of hydrogen-bond donors (Lipinski definition) is 2. The van der Waals surface area contributed by atoms with Crippen molar-refractivity contribution in [3.63, 3.8) is 0 Å². The van der Waals surface area contributed by atoms with Gasteiger partial charge < -0.3 is 10.1 Å². The van der Waals surface area contributed by atoms with Gasteiger partial charge in [-0.05, 0) is 31.0 Å². The van der Waals surface area contributed by atoms with Gasteiger partial charge >= 0.3 is 12.4 Å². The molecule has 1 unspecified atom stereocenters. The van der Waals surface area contributed by atoms with Gasteiger partial charge in [0.1, 0.15) is 0 Å². The second-order valence-corrected chi connectivity index (χ2v) is 6.68. The first-order valence-electron chi connectivity index (χ1n) is 7.65. The lowest BCUT2D eigenvalue weighted by atomic mass is 10.1. The normalized spacial score (nSPS) is 18.6. The summed E-state index contributed by atoms with van der Waals surface area (Å²) in [5.74, 6) is -1.66. The van der Waals surface area contributed by atoms with Crippen LogP contribution in [0.1, 0.15) is 23.2 Å². The third kappa shape index (κ3) is 4.79. The van der Waals surface area contributed by atoms with E-state index in [0.717, 1.165) is 23.5 Å². The maximum Gasteiger partial charge on any atom is 0.434 e. The molecule has 1 aromatic carbocycles. The summed E-state index contributed by atoms with van der Waals surface area (Å²) in [6, 6.07) is 3.07. The predicted octanol–water partition coefficient (Wildman–Crippen LogP) is 4.31. The lowest BCUT2D eigenvalue weighted by molar-refractivity contribution is -0.314. The van der Waals surface area contributed by atoms with Crippen LogP contribution in [0.15, 0.2) is 18.2 Å². The summed E-state index contributed by atoms with van der Waals surface area (Å²) in [4.78, 5) is 12.2. The van der Waals surface area contributed by atoms with Gasteiger partial charge in [0, 0.05) is 18.2 Å². The zero-order chi connectivity index (χ0) is 20.5. The van der Waals surface area contributed by atoms with E-state index in [9.17, 15) is 31.1 Å². The van der Waals surface area contributed by atoms with Gasteiger partial charge in [-0.1, -0.05) is 23.2 Å². The summed E-state index contributed by atoms with van der Waals surface area (Å²) in [5, 5.41) is 2.11. The molecule has 2 rings (SSSR count). The second kappa shape index (κ2) is 8.02. The van der Waals surface area contributed by atoms with Crippen molar-refractivity contribution in [1.82, 2.24) is 10.6 Å². The van der Waals surface area contributed by atoms with Crippen LogP contribution in [0.3, 0.4) is 0 Å². The Morgan fingerprint density at radius 3 is 2.26 bits per heavy atom. The lowest BCUT2D eigenvalue weighted by Crippen LogP contribution is -2.76. The van der Waals surface area contributed by atoms with Crippen LogP contribution in [0.4, 0.5) is 26.3 Å². The molecule has 12 heteroatoms. The van der Waals surface area contributed by atoms with Gasteiger partial charge in [0.2, 0.25) is 0 Å². The number of rotatable bonds is 5. The molecule has 2 N–H and O–H groups in total. The first kappa shape index (κ1) is 22.1. The van der Waals surface area contributed by atoms with Crippen molar-refractivity contribution in [2.75, 3.05) is 13.2 Å². The summed E-state index contributed by atoms with van der Waals surface area (Å²) in [6.07, 6.45) is -11.8. The molecule has 0 saturated carbocycles. The molecule has 0 radical (unpaired) electrons. The van der Waals surface area contributed by atoms with Crippen molar-refractivity contribution in [3.8, 4) is 0 Å². The van der Waals surface area contributed by atoms with Crippen molar-refractivity contribution in [2.45, 2.75) is 37.0 Å². The maximum absolute atomic E-state index is 13.5. The highest BCUT2D eigenvalue weighted by molar-refractivity contribution is 6.36. The van der Waals surface area contributed by atoms with Crippen molar-refractivity contribution >= 4 is 29.1 Å². The van der Waals surface area contributed by atoms with Gasteiger partial charge in [-0.2, -0.15) is 26.3 Å². The number of nitrogens with one attached hydrogen (secondary N) is 2. The van der Waals surface area contributed by atoms with Crippen LogP contribution in [0.25, 0.3) is 0 Å². The van der Waals surface area contributed by atoms with E-state index in [0.29, 0.717) is 12.8 Å². The molecular formula is C15H14Cl2F6N2O2. The number of carbonyl (C=O) groups is 1. The topological polar surface area (TPSA) is 50.4 Å². The summed E-state index contributed by atoms with van der Waals surface area (Å²) in [6.45, 7) is -0.516. The lowest BCUT2D eigenvalue weighted by Gasteiger charge is -2.39. The van der Waals surface area contributed by atoms with E-state index in [1.807, 2.05) is 0 Å². The Kier molecular flexibility index (Phi) is 6.55. The number of benzene rings is 1. The molecule has 1 aliphatic heterocycles. The molecule has 1 fully saturated rings. The summed E-state index contributed by atoms with van der Waals surface area (Å²) < 4.78 is 86.0. The Bertz CT molecular complexity index is 676. The summed E-state index contributed by atoms with van der Waals surface area (Å²) in [7, 11) is 0. The molecule has 4 nitrogen and oxygen atoms in total. The smallest absolute Gasteiger partial charge is 0.377 e. The third-order valence-corrected chi connectivity index (χ3v) is 4.49. The molecule has 1 aliphatic rings. The molecule has 1 aromatic rings. The summed E-state index contributed by atoms with van der Waals surface area (Å²) >= 11 is 11.3. The van der Waals surface area contributed by atoms with E-state index in [4.69, 9.17) is 27.9 Å². The Labute approximate surface area is 160 Å². The third-order valence-electron chi connectivity index (χ3n) is 3.95. The Morgan fingerprint density at radius 1 is 1.15 bits per heavy atom. The van der Waals surface area contributed by atoms with Crippen LogP contribution >= 0.6 is 23.2 Å². The first-order valence-corrected chi connectivity index (χ1v) is 8.40. The average molecular weight is 439 g/mol. The van der Waals surface area contributed by atoms with Crippen molar-refractivity contribution < 1.29 is 35.9 Å². The van der Waals surface area contributed by atoms with Crippen LogP contribution in [-0.2, 0) is 4.74 Å². The largest absolute Gasteiger partial charge is 0.434 e. The number of halogens is 8. The molecule has 0 aromatic heterocycles. The molecule has 1 atom stereocenters. The fraction of sp³-hybridized carbons (Fsp3) is 0.533. The van der Waals surface area contributed by atoms with Crippen LogP contribution < -0.4 is 10.6 Å². The monoisotopic (exact) mass is 438 g/mol. The van der Waals surface area contributed by atoms with Crippen LogP contribution in [0.5, 0.6) is 0 Å². The van der Waals surface area contributed by atoms with Gasteiger partial charge in [-0.15, -0.1) is 0 Å². The highest BCUT2D eigenvalue weighted by Crippen LogP contribution is 2.42. The average Bonchev–Trinajstić information content (AvgIpc) is 3.02. The number of alkyl halides is 6. The van der Waals surface area contributed by atoms with Crippen LogP contribution in [0.2, 0.25) is 10.0 Å². The number of hydrogen-bond acceptors (Lipinski definition) is 3. The zero-order valence-electron chi connectivity index (χ0n) is 13.5. The van der Waals surface area contributed by atoms with Gasteiger partial charge in [-0.25, -0.2) is 0 Å². The quantitative estimate of drug-likeness (QED) is 0.531. The van der Waals surface area contributed by atoms with Gasteiger partial charge in [0.25, 0.3) is 11.6 Å².